The number of nitrogens with zero attached hydrogens (tertiary/aromatic N) is 1. The fourth-order valence-electron chi connectivity index (χ4n) is 2.34. The SMILES string of the molecule is CC(=CCN1CCC(C)CC1)c1ccc(Br)cc1. The zero-order valence-corrected chi connectivity index (χ0v) is 12.9. The summed E-state index contributed by atoms with van der Waals surface area (Å²) < 4.78 is 1.14. The Hall–Kier alpha value is -0.600. The molecule has 18 heavy (non-hydrogen) atoms. The average molecular weight is 308 g/mol. The van der Waals surface area contributed by atoms with Crippen molar-refractivity contribution in [2.24, 2.45) is 5.92 Å². The molecule has 0 unspecified atom stereocenters. The smallest absolute Gasteiger partial charge is 0.0175 e. The predicted molar refractivity (Wildman–Crippen MR) is 82.6 cm³/mol. The van der Waals surface area contributed by atoms with Crippen LogP contribution in [0.5, 0.6) is 0 Å². The van der Waals surface area contributed by atoms with Crippen LogP contribution in [0.2, 0.25) is 0 Å². The van der Waals surface area contributed by atoms with Gasteiger partial charge in [0.15, 0.2) is 0 Å². The van der Waals surface area contributed by atoms with Crippen LogP contribution in [-0.2, 0) is 0 Å². The quantitative estimate of drug-likeness (QED) is 0.790. The van der Waals surface area contributed by atoms with Gasteiger partial charge in [0.05, 0.1) is 0 Å². The van der Waals surface area contributed by atoms with Gasteiger partial charge >= 0.3 is 0 Å². The molecule has 0 radical (unpaired) electrons. The molecular formula is C16H22BrN. The monoisotopic (exact) mass is 307 g/mol. The van der Waals surface area contributed by atoms with Gasteiger partial charge in [-0.1, -0.05) is 41.1 Å². The van der Waals surface area contributed by atoms with E-state index in [2.05, 4.69) is 65.0 Å². The van der Waals surface area contributed by atoms with E-state index in [4.69, 9.17) is 0 Å². The standard InChI is InChI=1S/C16H22BrN/c1-13-7-10-18(11-8-13)12-9-14(2)15-3-5-16(17)6-4-15/h3-6,9,13H,7-8,10-12H2,1-2H3. The molecule has 2 heteroatoms. The summed E-state index contributed by atoms with van der Waals surface area (Å²) in [6.45, 7) is 8.17. The Morgan fingerprint density at radius 2 is 1.89 bits per heavy atom. The second-order valence-electron chi connectivity index (χ2n) is 5.38. The Labute approximate surface area is 119 Å². The lowest BCUT2D eigenvalue weighted by Crippen LogP contribution is -2.32. The molecular weight excluding hydrogens is 286 g/mol. The maximum Gasteiger partial charge on any atom is 0.0175 e. The zero-order chi connectivity index (χ0) is 13.0. The first-order valence-electron chi connectivity index (χ1n) is 6.80. The normalized spacial score (nSPS) is 19.2. The van der Waals surface area contributed by atoms with Crippen molar-refractivity contribution in [1.82, 2.24) is 4.90 Å². The summed E-state index contributed by atoms with van der Waals surface area (Å²) >= 11 is 3.47. The number of halogens is 1. The van der Waals surface area contributed by atoms with Gasteiger partial charge in [-0.2, -0.15) is 0 Å². The highest BCUT2D eigenvalue weighted by Gasteiger charge is 2.14. The highest BCUT2D eigenvalue weighted by molar-refractivity contribution is 9.10. The van der Waals surface area contributed by atoms with Crippen LogP contribution in [0.3, 0.4) is 0 Å². The maximum atomic E-state index is 3.47. The fraction of sp³-hybridized carbons (Fsp3) is 0.500. The van der Waals surface area contributed by atoms with Crippen molar-refractivity contribution in [1.29, 1.82) is 0 Å². The third kappa shape index (κ3) is 3.96. The summed E-state index contributed by atoms with van der Waals surface area (Å²) in [4.78, 5) is 2.56. The van der Waals surface area contributed by atoms with Gasteiger partial charge in [0, 0.05) is 11.0 Å². The molecule has 0 saturated carbocycles. The van der Waals surface area contributed by atoms with Crippen molar-refractivity contribution in [3.63, 3.8) is 0 Å². The summed E-state index contributed by atoms with van der Waals surface area (Å²) in [5.74, 6) is 0.915. The van der Waals surface area contributed by atoms with Crippen molar-refractivity contribution in [2.75, 3.05) is 19.6 Å². The number of likely N-dealkylation sites (tertiary alicyclic amines) is 1. The van der Waals surface area contributed by atoms with Crippen LogP contribution in [0, 0.1) is 5.92 Å². The Bertz CT molecular complexity index is 400. The van der Waals surface area contributed by atoms with Gasteiger partial charge in [-0.25, -0.2) is 0 Å². The van der Waals surface area contributed by atoms with Crippen molar-refractivity contribution < 1.29 is 0 Å². The fourth-order valence-corrected chi connectivity index (χ4v) is 2.61. The molecule has 1 aliphatic rings. The van der Waals surface area contributed by atoms with E-state index in [-0.39, 0.29) is 0 Å². The number of hydrogen-bond donors (Lipinski definition) is 0. The summed E-state index contributed by atoms with van der Waals surface area (Å²) in [5, 5.41) is 0. The van der Waals surface area contributed by atoms with Gasteiger partial charge in [-0.15, -0.1) is 0 Å². The first-order valence-corrected chi connectivity index (χ1v) is 7.59. The Kier molecular flexibility index (Phi) is 5.02. The topological polar surface area (TPSA) is 3.24 Å². The second-order valence-corrected chi connectivity index (χ2v) is 6.29. The summed E-state index contributed by atoms with van der Waals surface area (Å²) in [6, 6.07) is 8.56. The van der Waals surface area contributed by atoms with Crippen molar-refractivity contribution >= 4 is 21.5 Å². The maximum absolute atomic E-state index is 3.47. The second kappa shape index (κ2) is 6.53. The summed E-state index contributed by atoms with van der Waals surface area (Å²) in [7, 11) is 0. The largest absolute Gasteiger partial charge is 0.300 e. The van der Waals surface area contributed by atoms with Crippen molar-refractivity contribution in [3.05, 3.63) is 40.4 Å². The molecule has 0 amide bonds. The number of allylic oxidation sites excluding steroid dienone is 1. The highest BCUT2D eigenvalue weighted by atomic mass is 79.9. The van der Waals surface area contributed by atoms with Crippen LogP contribution in [0.25, 0.3) is 5.57 Å². The highest BCUT2D eigenvalue weighted by Crippen LogP contribution is 2.19. The molecule has 0 spiro atoms. The zero-order valence-electron chi connectivity index (χ0n) is 11.3. The minimum atomic E-state index is 0.915. The van der Waals surface area contributed by atoms with Gasteiger partial charge in [0.25, 0.3) is 0 Å². The van der Waals surface area contributed by atoms with Crippen molar-refractivity contribution in [2.45, 2.75) is 26.7 Å². The number of rotatable bonds is 3. The molecule has 0 atom stereocenters. The molecule has 1 aromatic carbocycles. The third-order valence-electron chi connectivity index (χ3n) is 3.83. The molecule has 1 heterocycles. The van der Waals surface area contributed by atoms with E-state index >= 15 is 0 Å². The van der Waals surface area contributed by atoms with Gasteiger partial charge in [0.1, 0.15) is 0 Å². The van der Waals surface area contributed by atoms with E-state index < -0.39 is 0 Å². The van der Waals surface area contributed by atoms with Crippen LogP contribution >= 0.6 is 15.9 Å². The van der Waals surface area contributed by atoms with E-state index in [0.717, 1.165) is 16.9 Å². The molecule has 2 rings (SSSR count). The van der Waals surface area contributed by atoms with Crippen LogP contribution in [0.4, 0.5) is 0 Å². The van der Waals surface area contributed by atoms with Crippen molar-refractivity contribution in [3.8, 4) is 0 Å². The van der Waals surface area contributed by atoms with E-state index in [1.165, 1.54) is 37.1 Å². The number of piperidine rings is 1. The van der Waals surface area contributed by atoms with E-state index in [0.29, 0.717) is 0 Å². The van der Waals surface area contributed by atoms with Crippen LogP contribution in [-0.4, -0.2) is 24.5 Å². The molecule has 0 N–H and O–H groups in total. The first-order chi connectivity index (χ1) is 8.65. The first kappa shape index (κ1) is 13.8. The Balaban J connectivity index is 1.90. The minimum Gasteiger partial charge on any atom is -0.300 e. The molecule has 1 fully saturated rings. The van der Waals surface area contributed by atoms with Gasteiger partial charge < -0.3 is 0 Å². The number of hydrogen-bond acceptors (Lipinski definition) is 1. The molecule has 1 nitrogen and oxygen atoms in total. The lowest BCUT2D eigenvalue weighted by molar-refractivity contribution is 0.210. The summed E-state index contributed by atoms with van der Waals surface area (Å²) in [6.07, 6.45) is 5.07. The molecule has 1 saturated heterocycles. The van der Waals surface area contributed by atoms with Crippen LogP contribution in [0.1, 0.15) is 32.3 Å². The van der Waals surface area contributed by atoms with Gasteiger partial charge in [0.2, 0.25) is 0 Å². The minimum absolute atomic E-state index is 0.915. The van der Waals surface area contributed by atoms with E-state index in [1.807, 2.05) is 0 Å². The van der Waals surface area contributed by atoms with Crippen LogP contribution < -0.4 is 0 Å². The number of benzene rings is 1. The molecule has 0 bridgehead atoms. The molecule has 1 aromatic rings. The molecule has 1 aliphatic heterocycles. The molecule has 0 aliphatic carbocycles. The van der Waals surface area contributed by atoms with E-state index in [9.17, 15) is 0 Å². The van der Waals surface area contributed by atoms with Crippen LogP contribution in [0.15, 0.2) is 34.8 Å². The Morgan fingerprint density at radius 3 is 2.50 bits per heavy atom. The lowest BCUT2D eigenvalue weighted by Gasteiger charge is -2.29. The van der Waals surface area contributed by atoms with Gasteiger partial charge in [-0.05, 0) is 62.0 Å². The molecule has 0 aromatic heterocycles. The van der Waals surface area contributed by atoms with Gasteiger partial charge in [-0.3, -0.25) is 4.90 Å². The third-order valence-corrected chi connectivity index (χ3v) is 4.36. The average Bonchev–Trinajstić information content (AvgIpc) is 2.38. The Morgan fingerprint density at radius 1 is 1.28 bits per heavy atom. The van der Waals surface area contributed by atoms with E-state index in [1.54, 1.807) is 0 Å². The summed E-state index contributed by atoms with van der Waals surface area (Å²) in [5.41, 5.74) is 2.70. The molecule has 98 valence electrons. The predicted octanol–water partition coefficient (Wildman–Crippen LogP) is 4.58. The lowest BCUT2D eigenvalue weighted by atomic mass is 9.99.